The van der Waals surface area contributed by atoms with E-state index in [4.69, 9.17) is 18.0 Å². The number of nitrogens with zero attached hydrogens (tertiary/aromatic N) is 1. The molecule has 0 bridgehead atoms. The Hall–Kier alpha value is -1.39. The predicted octanol–water partition coefficient (Wildman–Crippen LogP) is 3.33. The highest BCUT2D eigenvalue weighted by atomic mass is 32.1. The maximum atomic E-state index is 5.80. The van der Waals surface area contributed by atoms with Crippen LogP contribution in [0.2, 0.25) is 0 Å². The molecule has 0 aliphatic rings. The van der Waals surface area contributed by atoms with Gasteiger partial charge in [0.25, 0.3) is 0 Å². The number of para-hydroxylation sites is 1. The van der Waals surface area contributed by atoms with Gasteiger partial charge < -0.3 is 10.6 Å². The smallest absolute Gasteiger partial charge is 0.106 e. The molecule has 0 fully saturated rings. The molecular weight excluding hydrogens is 260 g/mol. The number of thiocarbonyl (C=S) groups is 1. The van der Waals surface area contributed by atoms with Gasteiger partial charge in [0.1, 0.15) is 4.99 Å². The fraction of sp³-hybridized carbons (Fsp3) is 0.214. The lowest BCUT2D eigenvalue weighted by Crippen LogP contribution is -2.22. The average Bonchev–Trinajstić information content (AvgIpc) is 2.81. The Morgan fingerprint density at radius 2 is 2.11 bits per heavy atom. The van der Waals surface area contributed by atoms with Crippen LogP contribution >= 0.6 is 23.6 Å². The molecule has 0 aliphatic heterocycles. The molecule has 18 heavy (non-hydrogen) atoms. The van der Waals surface area contributed by atoms with Gasteiger partial charge >= 0.3 is 0 Å². The molecule has 2 nitrogen and oxygen atoms in total. The molecule has 2 rings (SSSR count). The Morgan fingerprint density at radius 1 is 1.33 bits per heavy atom. The highest BCUT2D eigenvalue weighted by Gasteiger charge is 2.12. The Balaban J connectivity index is 2.34. The van der Waals surface area contributed by atoms with Crippen molar-refractivity contribution in [2.45, 2.75) is 13.5 Å². The summed E-state index contributed by atoms with van der Waals surface area (Å²) in [6.07, 6.45) is 0. The number of nitrogens with two attached hydrogens (primary N) is 1. The summed E-state index contributed by atoms with van der Waals surface area (Å²) in [6, 6.07) is 10.3. The minimum Gasteiger partial charge on any atom is -0.389 e. The average molecular weight is 276 g/mol. The second kappa shape index (κ2) is 5.50. The molecule has 2 aromatic rings. The van der Waals surface area contributed by atoms with E-state index >= 15 is 0 Å². The van der Waals surface area contributed by atoms with Gasteiger partial charge in [0.05, 0.1) is 6.54 Å². The number of anilines is 1. The minimum absolute atomic E-state index is 0.451. The van der Waals surface area contributed by atoms with Crippen LogP contribution < -0.4 is 10.6 Å². The molecular formula is C14H16N2S2. The van der Waals surface area contributed by atoms with Crippen LogP contribution in [0.3, 0.4) is 0 Å². The highest BCUT2D eigenvalue weighted by Crippen LogP contribution is 2.26. The van der Waals surface area contributed by atoms with E-state index in [1.165, 1.54) is 10.4 Å². The fourth-order valence-corrected chi connectivity index (χ4v) is 3.00. The number of rotatable bonds is 4. The van der Waals surface area contributed by atoms with Crippen molar-refractivity contribution in [3.8, 4) is 0 Å². The van der Waals surface area contributed by atoms with Gasteiger partial charge in [-0.2, -0.15) is 0 Å². The van der Waals surface area contributed by atoms with Gasteiger partial charge in [-0.25, -0.2) is 0 Å². The van der Waals surface area contributed by atoms with Crippen molar-refractivity contribution in [1.82, 2.24) is 0 Å². The van der Waals surface area contributed by atoms with E-state index < -0.39 is 0 Å². The highest BCUT2D eigenvalue weighted by molar-refractivity contribution is 7.80. The molecule has 94 valence electrons. The summed E-state index contributed by atoms with van der Waals surface area (Å²) in [5.74, 6) is 0. The Labute approximate surface area is 117 Å². The summed E-state index contributed by atoms with van der Waals surface area (Å²) in [4.78, 5) is 3.98. The molecule has 1 heterocycles. The normalized spacial score (nSPS) is 10.3. The Morgan fingerprint density at radius 3 is 2.72 bits per heavy atom. The van der Waals surface area contributed by atoms with Gasteiger partial charge in [0.2, 0.25) is 0 Å². The van der Waals surface area contributed by atoms with Gasteiger partial charge in [-0.15, -0.1) is 11.3 Å². The topological polar surface area (TPSA) is 29.3 Å². The lowest BCUT2D eigenvalue weighted by Gasteiger charge is -2.23. The van der Waals surface area contributed by atoms with Crippen molar-refractivity contribution in [2.24, 2.45) is 5.73 Å². The molecule has 0 spiro atoms. The molecule has 0 aliphatic carbocycles. The van der Waals surface area contributed by atoms with E-state index in [1.54, 1.807) is 11.3 Å². The molecule has 0 radical (unpaired) electrons. The van der Waals surface area contributed by atoms with Crippen molar-refractivity contribution in [3.05, 3.63) is 51.7 Å². The van der Waals surface area contributed by atoms with Crippen molar-refractivity contribution in [1.29, 1.82) is 0 Å². The van der Waals surface area contributed by atoms with E-state index in [0.717, 1.165) is 17.8 Å². The zero-order valence-corrected chi connectivity index (χ0v) is 12.1. The van der Waals surface area contributed by atoms with Gasteiger partial charge in [0, 0.05) is 23.2 Å². The van der Waals surface area contributed by atoms with Crippen molar-refractivity contribution in [3.63, 3.8) is 0 Å². The molecule has 0 amide bonds. The van der Waals surface area contributed by atoms with Gasteiger partial charge in [-0.1, -0.05) is 30.4 Å². The second-order valence-corrected chi connectivity index (χ2v) is 5.74. The molecule has 2 N–H and O–H groups in total. The van der Waals surface area contributed by atoms with Crippen LogP contribution in [0.5, 0.6) is 0 Å². The first-order valence-electron chi connectivity index (χ1n) is 5.72. The predicted molar refractivity (Wildman–Crippen MR) is 83.5 cm³/mol. The maximum absolute atomic E-state index is 5.80. The van der Waals surface area contributed by atoms with Crippen LogP contribution in [0.15, 0.2) is 35.7 Å². The Kier molecular flexibility index (Phi) is 3.99. The van der Waals surface area contributed by atoms with E-state index in [9.17, 15) is 0 Å². The van der Waals surface area contributed by atoms with E-state index in [2.05, 4.69) is 42.5 Å². The van der Waals surface area contributed by atoms with Crippen molar-refractivity contribution >= 4 is 34.2 Å². The van der Waals surface area contributed by atoms with E-state index in [1.807, 2.05) is 12.1 Å². The zero-order valence-electron chi connectivity index (χ0n) is 10.5. The lowest BCUT2D eigenvalue weighted by molar-refractivity contribution is 0.932. The molecule has 0 saturated carbocycles. The van der Waals surface area contributed by atoms with Crippen LogP contribution in [0.4, 0.5) is 5.69 Å². The van der Waals surface area contributed by atoms with Crippen LogP contribution in [-0.4, -0.2) is 12.0 Å². The van der Waals surface area contributed by atoms with Crippen LogP contribution in [-0.2, 0) is 6.54 Å². The molecule has 0 atom stereocenters. The molecule has 0 saturated heterocycles. The summed E-state index contributed by atoms with van der Waals surface area (Å²) in [7, 11) is 2.07. The number of benzene rings is 1. The lowest BCUT2D eigenvalue weighted by atomic mass is 10.1. The number of hydrogen-bond donors (Lipinski definition) is 1. The van der Waals surface area contributed by atoms with Crippen LogP contribution in [0.1, 0.15) is 16.0 Å². The third kappa shape index (κ3) is 2.71. The Bertz CT molecular complexity index is 547. The number of hydrogen-bond acceptors (Lipinski definition) is 3. The summed E-state index contributed by atoms with van der Waals surface area (Å²) in [5, 5.41) is 2.09. The van der Waals surface area contributed by atoms with Crippen molar-refractivity contribution < 1.29 is 0 Å². The number of thiophene rings is 1. The van der Waals surface area contributed by atoms with Gasteiger partial charge in [-0.05, 0) is 30.0 Å². The summed E-state index contributed by atoms with van der Waals surface area (Å²) < 4.78 is 0. The first-order chi connectivity index (χ1) is 8.59. The molecule has 4 heteroatoms. The van der Waals surface area contributed by atoms with E-state index in [0.29, 0.717) is 4.99 Å². The fourth-order valence-electron chi connectivity index (χ4n) is 2.08. The van der Waals surface area contributed by atoms with Crippen LogP contribution in [0.25, 0.3) is 0 Å². The summed E-state index contributed by atoms with van der Waals surface area (Å²) in [5.41, 5.74) is 9.07. The first-order valence-corrected chi connectivity index (χ1v) is 7.01. The standard InChI is InChI=1S/C14H16N2S2/c1-10-5-3-7-12(14(15)17)13(10)16(2)9-11-6-4-8-18-11/h3-8H,9H2,1-2H3,(H2,15,17). The third-order valence-electron chi connectivity index (χ3n) is 2.86. The second-order valence-electron chi connectivity index (χ2n) is 4.27. The maximum Gasteiger partial charge on any atom is 0.106 e. The van der Waals surface area contributed by atoms with Gasteiger partial charge in [-0.3, -0.25) is 0 Å². The summed E-state index contributed by atoms with van der Waals surface area (Å²) in [6.45, 7) is 2.96. The first kappa shape index (κ1) is 13.1. The molecule has 1 aromatic heterocycles. The van der Waals surface area contributed by atoms with Gasteiger partial charge in [0.15, 0.2) is 0 Å². The SMILES string of the molecule is Cc1cccc(C(N)=S)c1N(C)Cc1cccs1. The quantitative estimate of drug-likeness (QED) is 0.869. The monoisotopic (exact) mass is 276 g/mol. The molecule has 1 aromatic carbocycles. The van der Waals surface area contributed by atoms with E-state index in [-0.39, 0.29) is 0 Å². The van der Waals surface area contributed by atoms with Crippen LogP contribution in [0, 0.1) is 6.92 Å². The number of aryl methyl sites for hydroxylation is 1. The zero-order chi connectivity index (χ0) is 13.1. The largest absolute Gasteiger partial charge is 0.389 e. The summed E-state index contributed by atoms with van der Waals surface area (Å²) >= 11 is 6.89. The van der Waals surface area contributed by atoms with Crippen molar-refractivity contribution in [2.75, 3.05) is 11.9 Å². The third-order valence-corrected chi connectivity index (χ3v) is 3.94. The molecule has 0 unspecified atom stereocenters. The minimum atomic E-state index is 0.451.